The van der Waals surface area contributed by atoms with E-state index in [4.69, 9.17) is 16.3 Å². The largest absolute Gasteiger partial charge is 0.496 e. The third-order valence-electron chi connectivity index (χ3n) is 2.97. The minimum absolute atomic E-state index is 0.0561. The van der Waals surface area contributed by atoms with Crippen LogP contribution in [-0.4, -0.2) is 12.9 Å². The fourth-order valence-electron chi connectivity index (χ4n) is 1.90. The summed E-state index contributed by atoms with van der Waals surface area (Å²) in [5, 5.41) is 0.604. The molecule has 0 amide bonds. The quantitative estimate of drug-likeness (QED) is 0.785. The van der Waals surface area contributed by atoms with Crippen LogP contribution >= 0.6 is 11.6 Å². The van der Waals surface area contributed by atoms with Crippen molar-refractivity contribution in [2.24, 2.45) is 0 Å². The summed E-state index contributed by atoms with van der Waals surface area (Å²) in [7, 11) is 1.59. The number of ether oxygens (including phenoxy) is 1. The maximum Gasteiger partial charge on any atom is 0.167 e. The third-order valence-corrected chi connectivity index (χ3v) is 3.20. The second-order valence-corrected chi connectivity index (χ2v) is 4.86. The average molecular weight is 275 g/mol. The standard InChI is InChI=1S/C16H15ClO2/c1-11-3-5-12(6-4-11)15(18)10-13-9-14(17)7-8-16(13)19-2/h3-9H,10H2,1-2H3. The molecule has 19 heavy (non-hydrogen) atoms. The van der Waals surface area contributed by atoms with Crippen LogP contribution in [0.4, 0.5) is 0 Å². The van der Waals surface area contributed by atoms with Crippen LogP contribution in [0.1, 0.15) is 21.5 Å². The molecule has 0 aliphatic heterocycles. The van der Waals surface area contributed by atoms with Crippen molar-refractivity contribution in [1.82, 2.24) is 0 Å². The SMILES string of the molecule is COc1ccc(Cl)cc1CC(=O)c1ccc(C)cc1. The van der Waals surface area contributed by atoms with Crippen LogP contribution in [0.25, 0.3) is 0 Å². The molecule has 2 nitrogen and oxygen atoms in total. The highest BCUT2D eigenvalue weighted by atomic mass is 35.5. The molecular formula is C16H15ClO2. The Bertz CT molecular complexity index is 588. The molecule has 0 heterocycles. The average Bonchev–Trinajstić information content (AvgIpc) is 2.39. The van der Waals surface area contributed by atoms with E-state index in [0.29, 0.717) is 16.3 Å². The molecule has 0 N–H and O–H groups in total. The second-order valence-electron chi connectivity index (χ2n) is 4.42. The molecule has 0 unspecified atom stereocenters. The highest BCUT2D eigenvalue weighted by Gasteiger charge is 2.11. The molecule has 0 atom stereocenters. The number of aryl methyl sites for hydroxylation is 1. The Labute approximate surface area is 118 Å². The van der Waals surface area contributed by atoms with Crippen molar-refractivity contribution in [3.05, 3.63) is 64.2 Å². The summed E-state index contributed by atoms with van der Waals surface area (Å²) >= 11 is 5.96. The first kappa shape index (κ1) is 13.6. The molecule has 0 fully saturated rings. The number of rotatable bonds is 4. The molecule has 0 saturated carbocycles. The molecule has 0 aromatic heterocycles. The molecule has 3 heteroatoms. The molecular weight excluding hydrogens is 260 g/mol. The van der Waals surface area contributed by atoms with Crippen LogP contribution in [0.3, 0.4) is 0 Å². The van der Waals surface area contributed by atoms with Crippen molar-refractivity contribution in [3.8, 4) is 5.75 Å². The van der Waals surface area contributed by atoms with Gasteiger partial charge in [-0.15, -0.1) is 0 Å². The van der Waals surface area contributed by atoms with Crippen LogP contribution in [-0.2, 0) is 6.42 Å². The number of carbonyl (C=O) groups is 1. The van der Waals surface area contributed by atoms with E-state index in [0.717, 1.165) is 11.1 Å². The van der Waals surface area contributed by atoms with Crippen molar-refractivity contribution < 1.29 is 9.53 Å². The van der Waals surface area contributed by atoms with Crippen molar-refractivity contribution in [2.45, 2.75) is 13.3 Å². The number of ketones is 1. The van der Waals surface area contributed by atoms with Gasteiger partial charge in [0.1, 0.15) is 5.75 Å². The van der Waals surface area contributed by atoms with Crippen LogP contribution in [0.2, 0.25) is 5.02 Å². The van der Waals surface area contributed by atoms with Gasteiger partial charge in [0, 0.05) is 22.6 Å². The van der Waals surface area contributed by atoms with Gasteiger partial charge in [-0.1, -0.05) is 41.4 Å². The molecule has 2 rings (SSSR count). The molecule has 0 bridgehead atoms. The number of carbonyl (C=O) groups excluding carboxylic acids is 1. The van der Waals surface area contributed by atoms with Gasteiger partial charge in [0.2, 0.25) is 0 Å². The fourth-order valence-corrected chi connectivity index (χ4v) is 2.09. The Morgan fingerprint density at radius 2 is 1.84 bits per heavy atom. The normalized spacial score (nSPS) is 10.3. The van der Waals surface area contributed by atoms with Gasteiger partial charge in [0.15, 0.2) is 5.78 Å². The monoisotopic (exact) mass is 274 g/mol. The van der Waals surface area contributed by atoms with E-state index in [2.05, 4.69) is 0 Å². The van der Waals surface area contributed by atoms with Gasteiger partial charge < -0.3 is 4.74 Å². The minimum Gasteiger partial charge on any atom is -0.496 e. The minimum atomic E-state index is 0.0561. The number of methoxy groups -OCH3 is 1. The molecule has 0 aliphatic carbocycles. The molecule has 2 aromatic rings. The lowest BCUT2D eigenvalue weighted by Gasteiger charge is -2.08. The molecule has 0 aliphatic rings. The van der Waals surface area contributed by atoms with Crippen molar-refractivity contribution in [2.75, 3.05) is 7.11 Å². The van der Waals surface area contributed by atoms with E-state index in [1.165, 1.54) is 0 Å². The Kier molecular flexibility index (Phi) is 4.23. The summed E-state index contributed by atoms with van der Waals surface area (Å²) < 4.78 is 5.25. The number of hydrogen-bond donors (Lipinski definition) is 0. The van der Waals surface area contributed by atoms with Gasteiger partial charge in [0.05, 0.1) is 7.11 Å². The summed E-state index contributed by atoms with van der Waals surface area (Å²) in [5.41, 5.74) is 2.64. The van der Waals surface area contributed by atoms with E-state index in [1.54, 1.807) is 25.3 Å². The fraction of sp³-hybridized carbons (Fsp3) is 0.188. The zero-order valence-electron chi connectivity index (χ0n) is 10.9. The van der Waals surface area contributed by atoms with Crippen LogP contribution in [0.5, 0.6) is 5.75 Å². The number of Topliss-reactive ketones (excluding diaryl/α,β-unsaturated/α-hetero) is 1. The summed E-state index contributed by atoms with van der Waals surface area (Å²) in [5.74, 6) is 0.741. The van der Waals surface area contributed by atoms with Crippen molar-refractivity contribution >= 4 is 17.4 Å². The molecule has 0 radical (unpaired) electrons. The number of hydrogen-bond acceptors (Lipinski definition) is 2. The van der Waals surface area contributed by atoms with Crippen molar-refractivity contribution in [1.29, 1.82) is 0 Å². The Morgan fingerprint density at radius 1 is 1.16 bits per heavy atom. The van der Waals surface area contributed by atoms with Crippen molar-refractivity contribution in [3.63, 3.8) is 0 Å². The highest BCUT2D eigenvalue weighted by molar-refractivity contribution is 6.30. The van der Waals surface area contributed by atoms with Gasteiger partial charge in [-0.05, 0) is 25.1 Å². The van der Waals surface area contributed by atoms with E-state index in [9.17, 15) is 4.79 Å². The Balaban J connectivity index is 2.23. The lowest BCUT2D eigenvalue weighted by Crippen LogP contribution is -2.05. The summed E-state index contributed by atoms with van der Waals surface area (Å²) in [6.45, 7) is 1.99. The highest BCUT2D eigenvalue weighted by Crippen LogP contribution is 2.24. The predicted molar refractivity (Wildman–Crippen MR) is 77.2 cm³/mol. The summed E-state index contributed by atoms with van der Waals surface area (Å²) in [6, 6.07) is 12.8. The Morgan fingerprint density at radius 3 is 2.47 bits per heavy atom. The lowest BCUT2D eigenvalue weighted by molar-refractivity contribution is 0.0992. The first-order chi connectivity index (χ1) is 9.10. The molecule has 98 valence electrons. The van der Waals surface area contributed by atoms with Gasteiger partial charge >= 0.3 is 0 Å². The number of benzene rings is 2. The van der Waals surface area contributed by atoms with Gasteiger partial charge in [-0.25, -0.2) is 0 Å². The smallest absolute Gasteiger partial charge is 0.167 e. The number of halogens is 1. The van der Waals surface area contributed by atoms with E-state index in [1.807, 2.05) is 31.2 Å². The third kappa shape index (κ3) is 3.36. The summed E-state index contributed by atoms with van der Waals surface area (Å²) in [4.78, 5) is 12.2. The molecule has 2 aromatic carbocycles. The molecule has 0 spiro atoms. The van der Waals surface area contributed by atoms with Gasteiger partial charge in [-0.3, -0.25) is 4.79 Å². The first-order valence-corrected chi connectivity index (χ1v) is 6.40. The predicted octanol–water partition coefficient (Wildman–Crippen LogP) is 4.08. The topological polar surface area (TPSA) is 26.3 Å². The van der Waals surface area contributed by atoms with Gasteiger partial charge in [-0.2, -0.15) is 0 Å². The maximum absolute atomic E-state index is 12.2. The second kappa shape index (κ2) is 5.89. The molecule has 0 saturated heterocycles. The zero-order valence-corrected chi connectivity index (χ0v) is 11.7. The van der Waals surface area contributed by atoms with E-state index >= 15 is 0 Å². The first-order valence-electron chi connectivity index (χ1n) is 6.02. The lowest BCUT2D eigenvalue weighted by atomic mass is 10.0. The van der Waals surface area contributed by atoms with Crippen LogP contribution in [0, 0.1) is 6.92 Å². The Hall–Kier alpha value is -1.80. The summed E-state index contributed by atoms with van der Waals surface area (Å²) in [6.07, 6.45) is 0.285. The van der Waals surface area contributed by atoms with E-state index < -0.39 is 0 Å². The van der Waals surface area contributed by atoms with E-state index in [-0.39, 0.29) is 12.2 Å². The zero-order chi connectivity index (χ0) is 13.8. The van der Waals surface area contributed by atoms with Crippen LogP contribution in [0.15, 0.2) is 42.5 Å². The van der Waals surface area contributed by atoms with Gasteiger partial charge in [0.25, 0.3) is 0 Å². The van der Waals surface area contributed by atoms with Crippen LogP contribution < -0.4 is 4.74 Å². The maximum atomic E-state index is 12.2.